The monoisotopic (exact) mass is 182 g/mol. The SMILES string of the molecule is CC#CCNC1(CN)CCOC1C. The van der Waals surface area contributed by atoms with Crippen LogP contribution in [0.2, 0.25) is 0 Å². The Kier molecular flexibility index (Phi) is 3.73. The van der Waals surface area contributed by atoms with Gasteiger partial charge in [0.2, 0.25) is 0 Å². The Morgan fingerprint density at radius 3 is 2.92 bits per heavy atom. The van der Waals surface area contributed by atoms with E-state index in [9.17, 15) is 0 Å². The smallest absolute Gasteiger partial charge is 0.0742 e. The molecule has 3 nitrogen and oxygen atoms in total. The van der Waals surface area contributed by atoms with Gasteiger partial charge in [-0.2, -0.15) is 0 Å². The Balaban J connectivity index is 2.52. The zero-order chi connectivity index (χ0) is 9.73. The molecule has 1 aliphatic rings. The molecule has 1 heterocycles. The van der Waals surface area contributed by atoms with Crippen molar-refractivity contribution < 1.29 is 4.74 Å². The van der Waals surface area contributed by atoms with Gasteiger partial charge in [-0.1, -0.05) is 5.92 Å². The molecule has 0 aromatic heterocycles. The highest BCUT2D eigenvalue weighted by atomic mass is 16.5. The molecule has 2 unspecified atom stereocenters. The van der Waals surface area contributed by atoms with Crippen molar-refractivity contribution in [3.05, 3.63) is 0 Å². The van der Waals surface area contributed by atoms with Crippen LogP contribution in [-0.2, 0) is 4.74 Å². The maximum atomic E-state index is 5.75. The zero-order valence-electron chi connectivity index (χ0n) is 8.39. The first-order chi connectivity index (χ1) is 6.25. The minimum atomic E-state index is -0.0517. The van der Waals surface area contributed by atoms with Crippen LogP contribution in [0.15, 0.2) is 0 Å². The van der Waals surface area contributed by atoms with E-state index < -0.39 is 0 Å². The molecule has 0 aromatic rings. The number of nitrogens with two attached hydrogens (primary N) is 1. The molecule has 3 N–H and O–H groups in total. The zero-order valence-corrected chi connectivity index (χ0v) is 8.39. The van der Waals surface area contributed by atoms with Crippen molar-refractivity contribution in [2.45, 2.75) is 31.9 Å². The van der Waals surface area contributed by atoms with E-state index in [2.05, 4.69) is 24.1 Å². The number of nitrogens with one attached hydrogen (secondary N) is 1. The van der Waals surface area contributed by atoms with Gasteiger partial charge in [-0.25, -0.2) is 0 Å². The first-order valence-electron chi connectivity index (χ1n) is 4.71. The molecule has 0 spiro atoms. The summed E-state index contributed by atoms with van der Waals surface area (Å²) in [6.45, 7) is 6.00. The van der Waals surface area contributed by atoms with Gasteiger partial charge in [-0.15, -0.1) is 5.92 Å². The highest BCUT2D eigenvalue weighted by Gasteiger charge is 2.39. The Bertz CT molecular complexity index is 219. The van der Waals surface area contributed by atoms with Crippen LogP contribution in [0.5, 0.6) is 0 Å². The summed E-state index contributed by atoms with van der Waals surface area (Å²) in [4.78, 5) is 0. The first-order valence-corrected chi connectivity index (χ1v) is 4.71. The maximum Gasteiger partial charge on any atom is 0.0742 e. The molecule has 0 amide bonds. The highest BCUT2D eigenvalue weighted by molar-refractivity contribution is 5.04. The number of hydrogen-bond acceptors (Lipinski definition) is 3. The molecule has 0 saturated carbocycles. The lowest BCUT2D eigenvalue weighted by atomic mass is 9.92. The molecule has 1 fully saturated rings. The molecular weight excluding hydrogens is 164 g/mol. The summed E-state index contributed by atoms with van der Waals surface area (Å²) in [5.41, 5.74) is 5.70. The lowest BCUT2D eigenvalue weighted by molar-refractivity contribution is 0.0869. The van der Waals surface area contributed by atoms with E-state index in [1.165, 1.54) is 0 Å². The molecule has 0 radical (unpaired) electrons. The van der Waals surface area contributed by atoms with E-state index in [1.807, 2.05) is 6.92 Å². The van der Waals surface area contributed by atoms with Crippen molar-refractivity contribution in [1.29, 1.82) is 0 Å². The Morgan fingerprint density at radius 1 is 1.69 bits per heavy atom. The summed E-state index contributed by atoms with van der Waals surface area (Å²) >= 11 is 0. The lowest BCUT2D eigenvalue weighted by Crippen LogP contribution is -2.56. The highest BCUT2D eigenvalue weighted by Crippen LogP contribution is 2.24. The van der Waals surface area contributed by atoms with Gasteiger partial charge in [0.25, 0.3) is 0 Å². The molecule has 1 saturated heterocycles. The standard InChI is InChI=1S/C10H18N2O/c1-3-4-6-12-10(8-11)5-7-13-9(10)2/h9,12H,5-8,11H2,1-2H3. The van der Waals surface area contributed by atoms with E-state index in [4.69, 9.17) is 10.5 Å². The number of rotatable bonds is 3. The van der Waals surface area contributed by atoms with Gasteiger partial charge >= 0.3 is 0 Å². The molecule has 3 heteroatoms. The predicted octanol–water partition coefficient (Wildman–Crippen LogP) is 0.106. The number of ether oxygens (including phenoxy) is 1. The summed E-state index contributed by atoms with van der Waals surface area (Å²) in [5, 5.41) is 3.37. The second-order valence-corrected chi connectivity index (χ2v) is 3.40. The van der Waals surface area contributed by atoms with Gasteiger partial charge in [-0.3, -0.25) is 5.32 Å². The summed E-state index contributed by atoms with van der Waals surface area (Å²) in [5.74, 6) is 5.84. The fourth-order valence-electron chi connectivity index (χ4n) is 1.66. The van der Waals surface area contributed by atoms with Crippen molar-refractivity contribution in [3.8, 4) is 11.8 Å². The van der Waals surface area contributed by atoms with Crippen molar-refractivity contribution in [1.82, 2.24) is 5.32 Å². The van der Waals surface area contributed by atoms with Gasteiger partial charge < -0.3 is 10.5 Å². The quantitative estimate of drug-likeness (QED) is 0.609. The normalized spacial score (nSPS) is 32.7. The Labute approximate surface area is 80.0 Å². The van der Waals surface area contributed by atoms with Crippen LogP contribution in [-0.4, -0.2) is 31.3 Å². The Morgan fingerprint density at radius 2 is 2.46 bits per heavy atom. The van der Waals surface area contributed by atoms with Gasteiger partial charge in [-0.05, 0) is 20.3 Å². The van der Waals surface area contributed by atoms with Crippen LogP contribution in [0.25, 0.3) is 0 Å². The molecule has 0 aliphatic carbocycles. The van der Waals surface area contributed by atoms with Crippen molar-refractivity contribution >= 4 is 0 Å². The average Bonchev–Trinajstić information content (AvgIpc) is 2.49. The fraction of sp³-hybridized carbons (Fsp3) is 0.800. The molecule has 0 aromatic carbocycles. The van der Waals surface area contributed by atoms with Crippen LogP contribution in [0.1, 0.15) is 20.3 Å². The second-order valence-electron chi connectivity index (χ2n) is 3.40. The molecule has 2 atom stereocenters. The summed E-state index contributed by atoms with van der Waals surface area (Å²) in [6, 6.07) is 0. The van der Waals surface area contributed by atoms with E-state index in [1.54, 1.807) is 0 Å². The maximum absolute atomic E-state index is 5.75. The fourth-order valence-corrected chi connectivity index (χ4v) is 1.66. The molecular formula is C10H18N2O. The van der Waals surface area contributed by atoms with Crippen LogP contribution < -0.4 is 11.1 Å². The van der Waals surface area contributed by atoms with Crippen LogP contribution >= 0.6 is 0 Å². The summed E-state index contributed by atoms with van der Waals surface area (Å²) < 4.78 is 5.50. The molecule has 13 heavy (non-hydrogen) atoms. The molecule has 0 bridgehead atoms. The first kappa shape index (κ1) is 10.5. The van der Waals surface area contributed by atoms with Gasteiger partial charge in [0.05, 0.1) is 18.2 Å². The van der Waals surface area contributed by atoms with E-state index in [0.29, 0.717) is 13.1 Å². The predicted molar refractivity (Wildman–Crippen MR) is 53.3 cm³/mol. The van der Waals surface area contributed by atoms with E-state index in [0.717, 1.165) is 13.0 Å². The second kappa shape index (κ2) is 4.61. The minimum absolute atomic E-state index is 0.0517. The van der Waals surface area contributed by atoms with Crippen molar-refractivity contribution in [2.75, 3.05) is 19.7 Å². The third kappa shape index (κ3) is 2.22. The van der Waals surface area contributed by atoms with Crippen LogP contribution in [0, 0.1) is 11.8 Å². The summed E-state index contributed by atoms with van der Waals surface area (Å²) in [6.07, 6.45) is 1.17. The number of hydrogen-bond donors (Lipinski definition) is 2. The van der Waals surface area contributed by atoms with E-state index in [-0.39, 0.29) is 11.6 Å². The van der Waals surface area contributed by atoms with Crippen molar-refractivity contribution in [2.24, 2.45) is 5.73 Å². The van der Waals surface area contributed by atoms with Gasteiger partial charge in [0.1, 0.15) is 0 Å². The molecule has 1 aliphatic heterocycles. The largest absolute Gasteiger partial charge is 0.376 e. The van der Waals surface area contributed by atoms with E-state index >= 15 is 0 Å². The van der Waals surface area contributed by atoms with Crippen LogP contribution in [0.4, 0.5) is 0 Å². The third-order valence-electron chi connectivity index (χ3n) is 2.76. The molecule has 74 valence electrons. The summed E-state index contributed by atoms with van der Waals surface area (Å²) in [7, 11) is 0. The molecule has 1 rings (SSSR count). The topological polar surface area (TPSA) is 47.3 Å². The lowest BCUT2D eigenvalue weighted by Gasteiger charge is -2.31. The Hall–Kier alpha value is -0.560. The van der Waals surface area contributed by atoms with Gasteiger partial charge in [0, 0.05) is 13.2 Å². The average molecular weight is 182 g/mol. The van der Waals surface area contributed by atoms with Crippen LogP contribution in [0.3, 0.4) is 0 Å². The minimum Gasteiger partial charge on any atom is -0.376 e. The van der Waals surface area contributed by atoms with Gasteiger partial charge in [0.15, 0.2) is 0 Å². The third-order valence-corrected chi connectivity index (χ3v) is 2.76. The van der Waals surface area contributed by atoms with Crippen molar-refractivity contribution in [3.63, 3.8) is 0 Å².